The van der Waals surface area contributed by atoms with Gasteiger partial charge in [-0.3, -0.25) is 24.2 Å². The van der Waals surface area contributed by atoms with Gasteiger partial charge in [-0.1, -0.05) is 69.3 Å². The summed E-state index contributed by atoms with van der Waals surface area (Å²) in [5.41, 5.74) is 3.91. The summed E-state index contributed by atoms with van der Waals surface area (Å²) in [4.78, 5) is 47.2. The van der Waals surface area contributed by atoms with E-state index in [1.54, 1.807) is 21.8 Å². The minimum absolute atomic E-state index is 0.0603. The second-order valence-corrected chi connectivity index (χ2v) is 15.9. The van der Waals surface area contributed by atoms with E-state index in [-0.39, 0.29) is 55.9 Å². The fourth-order valence-electron chi connectivity index (χ4n) is 9.70. The number of aliphatic hydroxyl groups excluding tert-OH is 1. The smallest absolute Gasteiger partial charge is 0.269 e. The number of ether oxygens (including phenoxy) is 4. The molecule has 4 aliphatic heterocycles. The van der Waals surface area contributed by atoms with Crippen LogP contribution in [0.15, 0.2) is 115 Å². The van der Waals surface area contributed by atoms with E-state index in [2.05, 4.69) is 32.9 Å². The Labute approximate surface area is 337 Å². The molecule has 11 nitrogen and oxygen atoms in total. The van der Waals surface area contributed by atoms with Crippen LogP contribution in [-0.2, 0) is 36.7 Å². The highest BCUT2D eigenvalue weighted by atomic mass is 16.5. The number of anilines is 5. The summed E-state index contributed by atoms with van der Waals surface area (Å²) in [6, 6.07) is 36.2. The summed E-state index contributed by atoms with van der Waals surface area (Å²) in [5, 5.41) is 10.4. The van der Waals surface area contributed by atoms with E-state index in [1.165, 1.54) is 0 Å². The summed E-state index contributed by atoms with van der Waals surface area (Å²) in [7, 11) is 1.64. The molecule has 5 aromatic rings. The molecule has 0 saturated carbocycles. The van der Waals surface area contributed by atoms with Crippen molar-refractivity contribution in [1.29, 1.82) is 0 Å². The van der Waals surface area contributed by atoms with Crippen molar-refractivity contribution in [3.8, 4) is 17.2 Å². The first-order valence-electron chi connectivity index (χ1n) is 19.6. The van der Waals surface area contributed by atoms with Crippen LogP contribution in [0.25, 0.3) is 0 Å². The number of benzene rings is 5. The number of nitrogens with zero attached hydrogens (tertiary/aromatic N) is 3. The second-order valence-electron chi connectivity index (χ2n) is 15.9. The molecule has 0 bridgehead atoms. The fraction of sp³-hybridized carbons (Fsp3) is 0.298. The molecule has 0 radical (unpaired) electrons. The van der Waals surface area contributed by atoms with E-state index < -0.39 is 17.1 Å². The van der Waals surface area contributed by atoms with Gasteiger partial charge < -0.3 is 29.0 Å². The van der Waals surface area contributed by atoms with Crippen LogP contribution in [0.3, 0.4) is 0 Å². The van der Waals surface area contributed by atoms with Gasteiger partial charge in [-0.25, -0.2) is 0 Å². The van der Waals surface area contributed by atoms with E-state index in [4.69, 9.17) is 18.9 Å². The molecule has 0 aliphatic carbocycles. The number of amides is 3. The summed E-state index contributed by atoms with van der Waals surface area (Å²) >= 11 is 0. The van der Waals surface area contributed by atoms with Gasteiger partial charge in [-0.15, -0.1) is 0 Å². The van der Waals surface area contributed by atoms with E-state index in [0.29, 0.717) is 51.9 Å². The largest absolute Gasteiger partial charge is 0.497 e. The van der Waals surface area contributed by atoms with E-state index >= 15 is 4.79 Å². The van der Waals surface area contributed by atoms with Gasteiger partial charge in [0.1, 0.15) is 17.2 Å². The molecule has 0 unspecified atom stereocenters. The Morgan fingerprint density at radius 1 is 0.759 bits per heavy atom. The number of hydrogen-bond acceptors (Lipinski definition) is 8. The zero-order valence-corrected chi connectivity index (χ0v) is 32.9. The van der Waals surface area contributed by atoms with E-state index in [0.717, 1.165) is 16.9 Å². The standard InChI is InChI=1S/C47H45N3O8/c1-29-44(46(2,3)31-15-20-34(55-4)21-16-31)41(23-24-51)58-47(29)35-25-33(50-38-10-6-8-12-40(38)57-28-43(50)53)19-22-36(35)48(45(47)54)26-30-13-17-32(18-14-30)49-37-9-5-7-11-39(37)56-27-42(49)52/h5-22,25,29,41,44,51H,23-24,26-28H2,1-4H3/t29-,41+,44-,47+/m1/s1. The van der Waals surface area contributed by atoms with Crippen molar-refractivity contribution in [2.24, 2.45) is 11.8 Å². The maximum atomic E-state index is 15.4. The molecule has 1 saturated heterocycles. The lowest BCUT2D eigenvalue weighted by Gasteiger charge is -2.38. The molecule has 11 heteroatoms. The number of aliphatic hydroxyl groups is 1. The van der Waals surface area contributed by atoms with Gasteiger partial charge in [-0.2, -0.15) is 0 Å². The van der Waals surface area contributed by atoms with Crippen molar-refractivity contribution in [1.82, 2.24) is 0 Å². The van der Waals surface area contributed by atoms with Crippen molar-refractivity contribution < 1.29 is 38.4 Å². The van der Waals surface area contributed by atoms with E-state index in [1.807, 2.05) is 103 Å². The number of fused-ring (bicyclic) bond motifs is 4. The first-order chi connectivity index (χ1) is 28.1. The number of carbonyl (C=O) groups excluding carboxylic acids is 3. The number of para-hydroxylation sites is 4. The van der Waals surface area contributed by atoms with E-state index in [9.17, 15) is 14.7 Å². The molecule has 0 aromatic heterocycles. The first kappa shape index (κ1) is 37.4. The first-order valence-corrected chi connectivity index (χ1v) is 19.6. The van der Waals surface area contributed by atoms with Crippen LogP contribution in [0.5, 0.6) is 17.2 Å². The minimum atomic E-state index is -1.43. The lowest BCUT2D eigenvalue weighted by atomic mass is 9.63. The SMILES string of the molecule is COc1ccc(C(C)(C)[C@H]2[C@H](CCO)O[C@@]3(C(=O)N(Cc4ccc(N5C(=O)COc6ccccc65)cc4)c4ccc(N5C(=O)COc6ccccc65)cc43)[C@@H]2C)cc1. The highest BCUT2D eigenvalue weighted by molar-refractivity contribution is 6.10. The quantitative estimate of drug-likeness (QED) is 0.163. The Morgan fingerprint density at radius 2 is 1.34 bits per heavy atom. The molecule has 4 atom stereocenters. The molecule has 1 fully saturated rings. The van der Waals surface area contributed by atoms with Gasteiger partial charge in [0.2, 0.25) is 0 Å². The van der Waals surface area contributed by atoms with Gasteiger partial charge in [0.05, 0.1) is 36.8 Å². The van der Waals surface area contributed by atoms with Crippen molar-refractivity contribution >= 4 is 46.2 Å². The van der Waals surface area contributed by atoms with Crippen LogP contribution in [0.4, 0.5) is 28.4 Å². The Kier molecular flexibility index (Phi) is 9.25. The summed E-state index contributed by atoms with van der Waals surface area (Å²) in [6.07, 6.45) is -0.143. The fourth-order valence-corrected chi connectivity index (χ4v) is 9.70. The minimum Gasteiger partial charge on any atom is -0.497 e. The maximum Gasteiger partial charge on any atom is 0.269 e. The summed E-state index contributed by atoms with van der Waals surface area (Å²) < 4.78 is 24.0. The maximum absolute atomic E-state index is 15.4. The van der Waals surface area contributed by atoms with Gasteiger partial charge in [-0.05, 0) is 89.7 Å². The van der Waals surface area contributed by atoms with Crippen molar-refractivity contribution in [2.45, 2.75) is 50.9 Å². The molecule has 4 heterocycles. The molecule has 4 aliphatic rings. The molecular weight excluding hydrogens is 735 g/mol. The second kappa shape index (κ2) is 14.3. The third-order valence-electron chi connectivity index (χ3n) is 12.4. The number of methoxy groups -OCH3 is 1. The Hall–Kier alpha value is -6.17. The Morgan fingerprint density at radius 3 is 1.95 bits per heavy atom. The highest BCUT2D eigenvalue weighted by Gasteiger charge is 2.66. The summed E-state index contributed by atoms with van der Waals surface area (Å²) in [6.45, 7) is 6.34. The third-order valence-corrected chi connectivity index (χ3v) is 12.4. The predicted molar refractivity (Wildman–Crippen MR) is 219 cm³/mol. The van der Waals surface area contributed by atoms with Gasteiger partial charge in [0, 0.05) is 35.4 Å². The van der Waals surface area contributed by atoms with Crippen LogP contribution in [0.1, 0.15) is 43.9 Å². The van der Waals surface area contributed by atoms with Crippen LogP contribution in [0.2, 0.25) is 0 Å². The number of carbonyl (C=O) groups is 3. The van der Waals surface area contributed by atoms with Crippen LogP contribution >= 0.6 is 0 Å². The highest BCUT2D eigenvalue weighted by Crippen LogP contribution is 2.60. The molecule has 58 heavy (non-hydrogen) atoms. The zero-order chi connectivity index (χ0) is 40.3. The third kappa shape index (κ3) is 5.82. The molecule has 1 N–H and O–H groups in total. The molecule has 9 rings (SSSR count). The number of rotatable bonds is 9. The van der Waals surface area contributed by atoms with Crippen LogP contribution in [-0.4, -0.2) is 55.9 Å². The van der Waals surface area contributed by atoms with Gasteiger partial charge in [0.25, 0.3) is 17.7 Å². The van der Waals surface area contributed by atoms with Gasteiger partial charge >= 0.3 is 0 Å². The average molecular weight is 780 g/mol. The summed E-state index contributed by atoms with van der Waals surface area (Å²) in [5.74, 6) is 0.793. The normalized spacial score (nSPS) is 22.4. The van der Waals surface area contributed by atoms with Crippen molar-refractivity contribution in [3.63, 3.8) is 0 Å². The van der Waals surface area contributed by atoms with Crippen molar-refractivity contribution in [3.05, 3.63) is 132 Å². The van der Waals surface area contributed by atoms with Crippen LogP contribution < -0.4 is 28.9 Å². The Balaban J connectivity index is 1.13. The Bertz CT molecular complexity index is 2410. The lowest BCUT2D eigenvalue weighted by molar-refractivity contribution is -0.146. The molecule has 3 amide bonds. The average Bonchev–Trinajstić information content (AvgIpc) is 3.67. The number of hydrogen-bond donors (Lipinski definition) is 1. The zero-order valence-electron chi connectivity index (χ0n) is 32.9. The molecule has 1 spiro atoms. The van der Waals surface area contributed by atoms with Crippen LogP contribution in [0, 0.1) is 11.8 Å². The lowest BCUT2D eigenvalue weighted by Crippen LogP contribution is -2.45. The predicted octanol–water partition coefficient (Wildman–Crippen LogP) is 7.56. The molecule has 296 valence electrons. The van der Waals surface area contributed by atoms with Crippen molar-refractivity contribution in [2.75, 3.05) is 41.6 Å². The van der Waals surface area contributed by atoms with Gasteiger partial charge in [0.15, 0.2) is 18.8 Å². The molecular formula is C47H45N3O8. The molecule has 5 aromatic carbocycles. The monoisotopic (exact) mass is 779 g/mol. The topological polar surface area (TPSA) is 118 Å².